The number of likely N-dealkylation sites (tertiary alicyclic amines) is 1. The van der Waals surface area contributed by atoms with Crippen LogP contribution in [0.5, 0.6) is 0 Å². The first kappa shape index (κ1) is 25.6. The molecule has 3 N–H and O–H groups in total. The van der Waals surface area contributed by atoms with E-state index in [0.717, 1.165) is 60.8 Å². The van der Waals surface area contributed by atoms with Gasteiger partial charge in [-0.3, -0.25) is 9.59 Å². The van der Waals surface area contributed by atoms with Crippen LogP contribution < -0.4 is 5.73 Å². The fraction of sp³-hybridized carbons (Fsp3) is 0.429. The van der Waals surface area contributed by atoms with Crippen molar-refractivity contribution >= 4 is 33.1 Å². The van der Waals surface area contributed by atoms with Crippen LogP contribution in [-0.2, 0) is 10.0 Å². The van der Waals surface area contributed by atoms with Gasteiger partial charge in [-0.05, 0) is 92.5 Å². The minimum absolute atomic E-state index is 0.169. The van der Waals surface area contributed by atoms with Crippen LogP contribution in [0.1, 0.15) is 64.3 Å². The molecule has 0 aliphatic carbocycles. The van der Waals surface area contributed by atoms with Crippen LogP contribution in [-0.4, -0.2) is 73.3 Å². The maximum absolute atomic E-state index is 13.0. The summed E-state index contributed by atoms with van der Waals surface area (Å²) >= 11 is 0. The molecule has 2 aromatic carbocycles. The van der Waals surface area contributed by atoms with E-state index in [4.69, 9.17) is 5.73 Å². The molecule has 1 amide bonds. The third-order valence-electron chi connectivity index (χ3n) is 7.81. The number of nitrogens with two attached hydrogens (primary N) is 1. The third-order valence-corrected chi connectivity index (χ3v) is 9.76. The molecule has 2 aliphatic rings. The van der Waals surface area contributed by atoms with Crippen LogP contribution in [0.3, 0.4) is 0 Å². The van der Waals surface area contributed by atoms with Crippen LogP contribution in [0, 0.1) is 0 Å². The highest BCUT2D eigenvalue weighted by Crippen LogP contribution is 2.37. The van der Waals surface area contributed by atoms with Gasteiger partial charge >= 0.3 is 0 Å². The first-order chi connectivity index (χ1) is 17.9. The Kier molecular flexibility index (Phi) is 7.46. The molecule has 9 heteroatoms. The minimum Gasteiger partial charge on any atom is -0.366 e. The van der Waals surface area contributed by atoms with Gasteiger partial charge in [0.25, 0.3) is 5.91 Å². The summed E-state index contributed by atoms with van der Waals surface area (Å²) < 4.78 is 27.6. The number of carbonyl (C=O) groups is 2. The summed E-state index contributed by atoms with van der Waals surface area (Å²) in [5.74, 6) is -0.157. The van der Waals surface area contributed by atoms with Crippen LogP contribution >= 0.6 is 0 Å². The summed E-state index contributed by atoms with van der Waals surface area (Å²) in [4.78, 5) is 29.2. The summed E-state index contributed by atoms with van der Waals surface area (Å²) in [6.45, 7) is 4.00. The van der Waals surface area contributed by atoms with Crippen molar-refractivity contribution in [2.45, 2.75) is 38.0 Å². The van der Waals surface area contributed by atoms with E-state index < -0.39 is 15.9 Å². The molecule has 0 atom stereocenters. The number of fused-ring (bicyclic) bond motifs is 1. The van der Waals surface area contributed by atoms with Crippen molar-refractivity contribution in [3.05, 3.63) is 59.3 Å². The molecule has 0 bridgehead atoms. The summed E-state index contributed by atoms with van der Waals surface area (Å²) in [5.41, 5.74) is 10.1. The highest BCUT2D eigenvalue weighted by molar-refractivity contribution is 7.89. The van der Waals surface area contributed by atoms with Crippen molar-refractivity contribution < 1.29 is 18.0 Å². The molecule has 0 spiro atoms. The van der Waals surface area contributed by atoms with Gasteiger partial charge < -0.3 is 15.6 Å². The Labute approximate surface area is 217 Å². The van der Waals surface area contributed by atoms with Gasteiger partial charge in [-0.15, -0.1) is 0 Å². The number of H-pyrrole nitrogens is 1. The zero-order valence-electron chi connectivity index (χ0n) is 21.0. The van der Waals surface area contributed by atoms with E-state index in [0.29, 0.717) is 36.2 Å². The van der Waals surface area contributed by atoms with Crippen LogP contribution in [0.25, 0.3) is 22.0 Å². The number of aromatic nitrogens is 1. The number of nitrogens with one attached hydrogen (secondary N) is 1. The van der Waals surface area contributed by atoms with Crippen LogP contribution in [0.4, 0.5) is 0 Å². The quantitative estimate of drug-likeness (QED) is 0.415. The second kappa shape index (κ2) is 10.8. The lowest BCUT2D eigenvalue weighted by Crippen LogP contribution is -2.39. The van der Waals surface area contributed by atoms with Gasteiger partial charge in [0, 0.05) is 30.2 Å². The molecule has 0 unspecified atom stereocenters. The van der Waals surface area contributed by atoms with E-state index >= 15 is 0 Å². The average molecular weight is 523 g/mol. The lowest BCUT2D eigenvalue weighted by Gasteiger charge is -2.31. The molecule has 2 aliphatic heterocycles. The highest BCUT2D eigenvalue weighted by Gasteiger charge is 2.30. The third kappa shape index (κ3) is 5.49. The number of carbonyl (C=O) groups excluding carboxylic acids is 2. The monoisotopic (exact) mass is 522 g/mol. The van der Waals surface area contributed by atoms with Crippen molar-refractivity contribution in [3.63, 3.8) is 0 Å². The van der Waals surface area contributed by atoms with E-state index in [1.807, 2.05) is 24.4 Å². The number of hydrogen-bond acceptors (Lipinski definition) is 5. The zero-order chi connectivity index (χ0) is 26.0. The molecule has 0 radical (unpaired) electrons. The number of amides is 1. The molecule has 0 saturated carbocycles. The van der Waals surface area contributed by atoms with Crippen molar-refractivity contribution in [1.82, 2.24) is 14.2 Å². The summed E-state index contributed by atoms with van der Waals surface area (Å²) in [7, 11) is -3.27. The predicted octanol–water partition coefficient (Wildman–Crippen LogP) is 3.74. The normalized spacial score (nSPS) is 17.9. The van der Waals surface area contributed by atoms with Crippen molar-refractivity contribution in [2.24, 2.45) is 5.73 Å². The molecule has 2 fully saturated rings. The number of primary amides is 1. The lowest BCUT2D eigenvalue weighted by molar-refractivity contribution is 0.100. The Morgan fingerprint density at radius 3 is 2.51 bits per heavy atom. The van der Waals surface area contributed by atoms with E-state index in [1.54, 1.807) is 22.5 Å². The Morgan fingerprint density at radius 1 is 1.05 bits per heavy atom. The Balaban J connectivity index is 1.34. The standard InChI is InChI=1S/C28H34N4O4S/c29-28(34)25-17-23(22-6-3-5-20(15-22)19-33)16-24-26(18-30-27(24)25)21-7-12-32(13-8-21)37(35,36)14-4-11-31-9-1-2-10-31/h3,5-6,15-19,21,30H,1-2,4,7-14H2,(H2,29,34). The molecule has 8 nitrogen and oxygen atoms in total. The summed E-state index contributed by atoms with van der Waals surface area (Å²) in [5, 5.41) is 0.912. The molecule has 196 valence electrons. The molecule has 1 aromatic heterocycles. The first-order valence-electron chi connectivity index (χ1n) is 13.1. The molecule has 37 heavy (non-hydrogen) atoms. The van der Waals surface area contributed by atoms with Gasteiger partial charge in [0.15, 0.2) is 0 Å². The fourth-order valence-corrected chi connectivity index (χ4v) is 7.31. The largest absolute Gasteiger partial charge is 0.366 e. The number of hydrogen-bond donors (Lipinski definition) is 2. The van der Waals surface area contributed by atoms with E-state index in [2.05, 4.69) is 9.88 Å². The van der Waals surface area contributed by atoms with Crippen LogP contribution in [0.15, 0.2) is 42.6 Å². The van der Waals surface area contributed by atoms with Crippen molar-refractivity contribution in [1.29, 1.82) is 0 Å². The molecule has 5 rings (SSSR count). The number of aldehydes is 1. The smallest absolute Gasteiger partial charge is 0.250 e. The average Bonchev–Trinajstić information content (AvgIpc) is 3.58. The van der Waals surface area contributed by atoms with Gasteiger partial charge in [0.05, 0.1) is 16.8 Å². The number of rotatable bonds is 9. The summed E-state index contributed by atoms with van der Waals surface area (Å²) in [6, 6.07) is 11.0. The zero-order valence-corrected chi connectivity index (χ0v) is 21.8. The second-order valence-electron chi connectivity index (χ2n) is 10.2. The van der Waals surface area contributed by atoms with E-state index in [1.165, 1.54) is 12.8 Å². The minimum atomic E-state index is -3.27. The Morgan fingerprint density at radius 2 is 1.81 bits per heavy atom. The SMILES string of the molecule is NC(=O)c1cc(-c2cccc(C=O)c2)cc2c(C3CCN(S(=O)(=O)CCCN4CCCC4)CC3)c[nH]c12. The van der Waals surface area contributed by atoms with Gasteiger partial charge in [-0.1, -0.05) is 18.2 Å². The van der Waals surface area contributed by atoms with Gasteiger partial charge in [0.2, 0.25) is 10.0 Å². The molecular formula is C28H34N4O4S. The maximum Gasteiger partial charge on any atom is 0.250 e. The van der Waals surface area contributed by atoms with Crippen molar-refractivity contribution in [2.75, 3.05) is 38.5 Å². The fourth-order valence-electron chi connectivity index (χ4n) is 5.79. The van der Waals surface area contributed by atoms with Gasteiger partial charge in [-0.2, -0.15) is 0 Å². The predicted molar refractivity (Wildman–Crippen MR) is 145 cm³/mol. The molecular weight excluding hydrogens is 488 g/mol. The van der Waals surface area contributed by atoms with E-state index in [-0.39, 0.29) is 11.7 Å². The number of sulfonamides is 1. The van der Waals surface area contributed by atoms with Gasteiger partial charge in [0.1, 0.15) is 6.29 Å². The van der Waals surface area contributed by atoms with E-state index in [9.17, 15) is 18.0 Å². The number of aromatic amines is 1. The summed E-state index contributed by atoms with van der Waals surface area (Å²) in [6.07, 6.45) is 7.25. The highest BCUT2D eigenvalue weighted by atomic mass is 32.2. The topological polar surface area (TPSA) is 117 Å². The molecule has 2 saturated heterocycles. The number of nitrogens with zero attached hydrogens (tertiary/aromatic N) is 2. The van der Waals surface area contributed by atoms with Crippen LogP contribution in [0.2, 0.25) is 0 Å². The Hall–Kier alpha value is -3.01. The Bertz CT molecular complexity index is 1400. The number of piperidine rings is 1. The maximum atomic E-state index is 13.0. The molecule has 3 heterocycles. The van der Waals surface area contributed by atoms with Crippen molar-refractivity contribution in [3.8, 4) is 11.1 Å². The first-order valence-corrected chi connectivity index (χ1v) is 14.7. The molecule has 3 aromatic rings. The van der Waals surface area contributed by atoms with Gasteiger partial charge in [-0.25, -0.2) is 12.7 Å². The number of benzene rings is 2. The second-order valence-corrected chi connectivity index (χ2v) is 12.3. The lowest BCUT2D eigenvalue weighted by atomic mass is 9.88.